The number of rotatable bonds is 1. The predicted octanol–water partition coefficient (Wildman–Crippen LogP) is 2.39. The van der Waals surface area contributed by atoms with E-state index >= 15 is 0 Å². The standard InChI is InChI=1S/C10H17NO.ClH/c1-11(2)8-9-6-4-3-5-7-10(9)12;/h8H,3-7H2,1-2H3;1H. The van der Waals surface area contributed by atoms with Crippen LogP contribution in [0.15, 0.2) is 11.8 Å². The summed E-state index contributed by atoms with van der Waals surface area (Å²) in [7, 11) is 3.93. The van der Waals surface area contributed by atoms with Crippen molar-refractivity contribution in [3.8, 4) is 0 Å². The van der Waals surface area contributed by atoms with E-state index in [9.17, 15) is 4.79 Å². The van der Waals surface area contributed by atoms with Crippen molar-refractivity contribution in [2.24, 2.45) is 0 Å². The average molecular weight is 204 g/mol. The van der Waals surface area contributed by atoms with Gasteiger partial charge in [0, 0.05) is 32.3 Å². The van der Waals surface area contributed by atoms with Gasteiger partial charge in [0.25, 0.3) is 0 Å². The van der Waals surface area contributed by atoms with E-state index in [-0.39, 0.29) is 12.4 Å². The molecule has 0 heterocycles. The van der Waals surface area contributed by atoms with Gasteiger partial charge in [0.15, 0.2) is 5.78 Å². The zero-order chi connectivity index (χ0) is 8.97. The third-order valence-corrected chi connectivity index (χ3v) is 2.12. The Balaban J connectivity index is 0.00000144. The van der Waals surface area contributed by atoms with Gasteiger partial charge in [-0.3, -0.25) is 4.79 Å². The zero-order valence-electron chi connectivity index (χ0n) is 8.38. The molecule has 76 valence electrons. The van der Waals surface area contributed by atoms with Crippen molar-refractivity contribution in [1.82, 2.24) is 4.90 Å². The van der Waals surface area contributed by atoms with Crippen molar-refractivity contribution in [2.45, 2.75) is 32.1 Å². The summed E-state index contributed by atoms with van der Waals surface area (Å²) in [6.07, 6.45) is 7.13. The summed E-state index contributed by atoms with van der Waals surface area (Å²) in [5.74, 6) is 0.348. The highest BCUT2D eigenvalue weighted by Gasteiger charge is 2.12. The van der Waals surface area contributed by atoms with E-state index in [1.54, 1.807) is 0 Å². The van der Waals surface area contributed by atoms with Crippen molar-refractivity contribution in [3.63, 3.8) is 0 Å². The molecule has 2 nitrogen and oxygen atoms in total. The van der Waals surface area contributed by atoms with Crippen LogP contribution in [0.1, 0.15) is 32.1 Å². The van der Waals surface area contributed by atoms with Crippen LogP contribution in [0.3, 0.4) is 0 Å². The molecule has 0 radical (unpaired) electrons. The molecule has 1 aliphatic carbocycles. The van der Waals surface area contributed by atoms with E-state index in [0.29, 0.717) is 5.78 Å². The number of ketones is 1. The minimum absolute atomic E-state index is 0. The molecule has 0 amide bonds. The highest BCUT2D eigenvalue weighted by Crippen LogP contribution is 2.19. The first-order valence-corrected chi connectivity index (χ1v) is 4.60. The summed E-state index contributed by atoms with van der Waals surface area (Å²) in [6, 6.07) is 0. The Hall–Kier alpha value is -0.500. The van der Waals surface area contributed by atoms with Crippen molar-refractivity contribution in [1.29, 1.82) is 0 Å². The number of allylic oxidation sites excluding steroid dienone is 1. The quantitative estimate of drug-likeness (QED) is 0.482. The van der Waals surface area contributed by atoms with E-state index in [1.165, 1.54) is 12.8 Å². The summed E-state index contributed by atoms with van der Waals surface area (Å²) < 4.78 is 0. The molecular weight excluding hydrogens is 186 g/mol. The Morgan fingerprint density at radius 2 is 1.77 bits per heavy atom. The molecule has 0 atom stereocenters. The molecule has 0 spiro atoms. The fourth-order valence-electron chi connectivity index (χ4n) is 1.53. The number of Topliss-reactive ketones (excluding diaryl/α,β-unsaturated/α-hetero) is 1. The molecule has 0 aliphatic heterocycles. The first-order valence-electron chi connectivity index (χ1n) is 4.60. The maximum Gasteiger partial charge on any atom is 0.160 e. The van der Waals surface area contributed by atoms with Crippen LogP contribution in [0.2, 0.25) is 0 Å². The van der Waals surface area contributed by atoms with Crippen LogP contribution < -0.4 is 0 Å². The summed E-state index contributed by atoms with van der Waals surface area (Å²) in [6.45, 7) is 0. The van der Waals surface area contributed by atoms with Gasteiger partial charge in [-0.15, -0.1) is 12.4 Å². The summed E-state index contributed by atoms with van der Waals surface area (Å²) in [5, 5.41) is 0. The molecule has 0 unspecified atom stereocenters. The average Bonchev–Trinajstić information content (AvgIpc) is 2.16. The molecule has 0 bridgehead atoms. The Morgan fingerprint density at radius 1 is 1.15 bits per heavy atom. The van der Waals surface area contributed by atoms with Crippen LogP contribution in [0.25, 0.3) is 0 Å². The van der Waals surface area contributed by atoms with Crippen LogP contribution in [0.5, 0.6) is 0 Å². The normalized spacial score (nSPS) is 20.8. The third-order valence-electron chi connectivity index (χ3n) is 2.12. The highest BCUT2D eigenvalue weighted by molar-refractivity contribution is 5.95. The van der Waals surface area contributed by atoms with Crippen LogP contribution in [-0.2, 0) is 4.79 Å². The Kier molecular flexibility index (Phi) is 5.80. The number of nitrogens with zero attached hydrogens (tertiary/aromatic N) is 1. The predicted molar refractivity (Wildman–Crippen MR) is 57.1 cm³/mol. The van der Waals surface area contributed by atoms with Gasteiger partial charge < -0.3 is 4.90 Å². The molecule has 3 heteroatoms. The van der Waals surface area contributed by atoms with Crippen molar-refractivity contribution < 1.29 is 4.79 Å². The Bertz CT molecular complexity index is 199. The molecule has 0 aromatic carbocycles. The molecule has 1 fully saturated rings. The van der Waals surface area contributed by atoms with E-state index in [4.69, 9.17) is 0 Å². The van der Waals surface area contributed by atoms with Gasteiger partial charge >= 0.3 is 0 Å². The second kappa shape index (κ2) is 6.03. The van der Waals surface area contributed by atoms with Gasteiger partial charge in [-0.2, -0.15) is 0 Å². The Morgan fingerprint density at radius 3 is 2.38 bits per heavy atom. The summed E-state index contributed by atoms with van der Waals surface area (Å²) in [5.41, 5.74) is 1.01. The second-order valence-corrected chi connectivity index (χ2v) is 3.60. The van der Waals surface area contributed by atoms with Crippen molar-refractivity contribution >= 4 is 18.2 Å². The fraction of sp³-hybridized carbons (Fsp3) is 0.700. The molecule has 0 N–H and O–H groups in total. The first-order chi connectivity index (χ1) is 5.70. The van der Waals surface area contributed by atoms with Gasteiger partial charge in [0.1, 0.15) is 0 Å². The lowest BCUT2D eigenvalue weighted by molar-refractivity contribution is -0.115. The topological polar surface area (TPSA) is 20.3 Å². The molecule has 1 aliphatic rings. The third kappa shape index (κ3) is 4.32. The van der Waals surface area contributed by atoms with Crippen molar-refractivity contribution in [3.05, 3.63) is 11.8 Å². The minimum atomic E-state index is 0. The number of halogens is 1. The second-order valence-electron chi connectivity index (χ2n) is 3.60. The molecule has 0 aromatic rings. The molecular formula is C10H18ClNO. The van der Waals surface area contributed by atoms with Crippen molar-refractivity contribution in [2.75, 3.05) is 14.1 Å². The lowest BCUT2D eigenvalue weighted by Crippen LogP contribution is -2.08. The molecule has 0 saturated heterocycles. The lowest BCUT2D eigenvalue weighted by Gasteiger charge is -2.08. The number of carbonyl (C=O) groups is 1. The van der Waals surface area contributed by atoms with Gasteiger partial charge in [0.05, 0.1) is 0 Å². The van der Waals surface area contributed by atoms with E-state index < -0.39 is 0 Å². The molecule has 1 saturated carbocycles. The molecule has 0 aromatic heterocycles. The van der Waals surface area contributed by atoms with E-state index in [1.807, 2.05) is 25.2 Å². The van der Waals surface area contributed by atoms with E-state index in [2.05, 4.69) is 0 Å². The summed E-state index contributed by atoms with van der Waals surface area (Å²) in [4.78, 5) is 13.4. The fourth-order valence-corrected chi connectivity index (χ4v) is 1.53. The Labute approximate surface area is 86.4 Å². The summed E-state index contributed by atoms with van der Waals surface area (Å²) >= 11 is 0. The van der Waals surface area contributed by atoms with Gasteiger partial charge in [-0.05, 0) is 19.3 Å². The molecule has 1 rings (SSSR count). The maximum atomic E-state index is 11.5. The number of hydrogen-bond acceptors (Lipinski definition) is 2. The van der Waals surface area contributed by atoms with E-state index in [0.717, 1.165) is 24.8 Å². The zero-order valence-corrected chi connectivity index (χ0v) is 9.19. The minimum Gasteiger partial charge on any atom is -0.383 e. The van der Waals surface area contributed by atoms with Gasteiger partial charge in [-0.1, -0.05) is 6.42 Å². The largest absolute Gasteiger partial charge is 0.383 e. The monoisotopic (exact) mass is 203 g/mol. The van der Waals surface area contributed by atoms with Crippen LogP contribution in [-0.4, -0.2) is 24.8 Å². The van der Waals surface area contributed by atoms with Gasteiger partial charge in [-0.25, -0.2) is 0 Å². The highest BCUT2D eigenvalue weighted by atomic mass is 35.5. The van der Waals surface area contributed by atoms with Crippen LogP contribution in [0, 0.1) is 0 Å². The van der Waals surface area contributed by atoms with Crippen LogP contribution in [0.4, 0.5) is 0 Å². The number of carbonyl (C=O) groups excluding carboxylic acids is 1. The van der Waals surface area contributed by atoms with Crippen LogP contribution >= 0.6 is 12.4 Å². The smallest absolute Gasteiger partial charge is 0.160 e. The SMILES string of the molecule is CN(C)C=C1CCCCCC1=O.Cl. The first kappa shape index (κ1) is 12.5. The molecule has 13 heavy (non-hydrogen) atoms. The maximum absolute atomic E-state index is 11.5. The van der Waals surface area contributed by atoms with Gasteiger partial charge in [0.2, 0.25) is 0 Å². The number of hydrogen-bond donors (Lipinski definition) is 0. The lowest BCUT2D eigenvalue weighted by atomic mass is 10.1.